The second kappa shape index (κ2) is 9.70. The van der Waals surface area contributed by atoms with Crippen molar-refractivity contribution in [1.82, 2.24) is 9.55 Å². The van der Waals surface area contributed by atoms with Crippen LogP contribution >= 0.6 is 0 Å². The van der Waals surface area contributed by atoms with E-state index in [1.54, 1.807) is 6.08 Å². The third-order valence-corrected chi connectivity index (χ3v) is 5.26. The number of allylic oxidation sites excluding steroid dienone is 1. The molecule has 1 aromatic heterocycles. The van der Waals surface area contributed by atoms with Crippen LogP contribution in [0.4, 0.5) is 0 Å². The van der Waals surface area contributed by atoms with Crippen LogP contribution in [0.3, 0.4) is 0 Å². The first-order valence-corrected chi connectivity index (χ1v) is 10.2. The molecule has 3 atom stereocenters. The van der Waals surface area contributed by atoms with Crippen LogP contribution in [0.5, 0.6) is 0 Å². The minimum atomic E-state index is -0.736. The van der Waals surface area contributed by atoms with Crippen LogP contribution in [0, 0.1) is 6.92 Å². The van der Waals surface area contributed by atoms with Crippen molar-refractivity contribution < 1.29 is 19.1 Å². The van der Waals surface area contributed by atoms with Gasteiger partial charge in [-0.2, -0.15) is 0 Å². The van der Waals surface area contributed by atoms with Crippen molar-refractivity contribution in [2.45, 2.75) is 58.5 Å². The summed E-state index contributed by atoms with van der Waals surface area (Å²) in [7, 11) is 0. The molecular weight excluding hydrogens is 400 g/mol. The summed E-state index contributed by atoms with van der Waals surface area (Å²) in [4.78, 5) is 50.4. The first kappa shape index (κ1) is 22.4. The summed E-state index contributed by atoms with van der Waals surface area (Å²) in [5.74, 6) is -0.598. The van der Waals surface area contributed by atoms with Crippen LogP contribution in [-0.4, -0.2) is 33.5 Å². The largest absolute Gasteiger partial charge is 0.459 e. The number of aromatic amines is 1. The zero-order valence-electron chi connectivity index (χ0n) is 17.8. The number of rotatable bonds is 7. The van der Waals surface area contributed by atoms with Gasteiger partial charge in [0, 0.05) is 31.5 Å². The predicted molar refractivity (Wildman–Crippen MR) is 114 cm³/mol. The van der Waals surface area contributed by atoms with E-state index >= 15 is 0 Å². The molecule has 2 heterocycles. The highest BCUT2D eigenvalue weighted by atomic mass is 16.6. The molecule has 3 rings (SSSR count). The van der Waals surface area contributed by atoms with Gasteiger partial charge in [0.1, 0.15) is 18.4 Å². The number of nitrogens with one attached hydrogen (secondary N) is 1. The van der Waals surface area contributed by atoms with Crippen molar-refractivity contribution >= 4 is 11.8 Å². The van der Waals surface area contributed by atoms with Crippen LogP contribution in [0.15, 0.2) is 52.2 Å². The van der Waals surface area contributed by atoms with E-state index in [-0.39, 0.29) is 18.6 Å². The number of carbonyl (C=O) groups excluding carboxylic acids is 2. The summed E-state index contributed by atoms with van der Waals surface area (Å²) in [6.07, 6.45) is 3.27. The van der Waals surface area contributed by atoms with Crippen LogP contribution in [0.2, 0.25) is 0 Å². The van der Waals surface area contributed by atoms with Gasteiger partial charge < -0.3 is 9.47 Å². The van der Waals surface area contributed by atoms with E-state index < -0.39 is 35.7 Å². The van der Waals surface area contributed by atoms with Crippen molar-refractivity contribution in [3.63, 3.8) is 0 Å². The van der Waals surface area contributed by atoms with Crippen LogP contribution in [0.25, 0.3) is 0 Å². The van der Waals surface area contributed by atoms with Gasteiger partial charge in [-0.1, -0.05) is 31.2 Å². The van der Waals surface area contributed by atoms with Gasteiger partial charge in [0.15, 0.2) is 5.78 Å². The van der Waals surface area contributed by atoms with Gasteiger partial charge in [0.25, 0.3) is 5.56 Å². The van der Waals surface area contributed by atoms with E-state index in [0.717, 1.165) is 11.1 Å². The Morgan fingerprint density at radius 3 is 2.68 bits per heavy atom. The number of H-pyrrole nitrogens is 1. The summed E-state index contributed by atoms with van der Waals surface area (Å²) < 4.78 is 12.6. The maximum Gasteiger partial charge on any atom is 0.330 e. The maximum atomic E-state index is 12.4. The molecule has 1 aromatic carbocycles. The Morgan fingerprint density at radius 1 is 1.26 bits per heavy atom. The summed E-state index contributed by atoms with van der Waals surface area (Å²) >= 11 is 0. The molecule has 1 unspecified atom stereocenters. The van der Waals surface area contributed by atoms with Crippen molar-refractivity contribution in [1.29, 1.82) is 0 Å². The fraction of sp³-hybridized carbons (Fsp3) is 0.391. The number of ketones is 1. The zero-order chi connectivity index (χ0) is 22.5. The molecule has 0 bridgehead atoms. The lowest BCUT2D eigenvalue weighted by Gasteiger charge is -2.15. The standard InChI is InChI=1S/C23H26N2O6/c1-4-16-13-25(23(29)24-22(16)28)21-12-20(30-15(3)26)19(31-21)10-9-18(27)11-17-8-6-5-7-14(17)2/h5-10,13,19-21H,4,11-12H2,1-3H3,(H,24,28,29)/b10-9+/t19-,20?,21-/m0/s1. The van der Waals surface area contributed by atoms with E-state index in [0.29, 0.717) is 12.0 Å². The molecule has 8 heteroatoms. The molecule has 0 aliphatic carbocycles. The van der Waals surface area contributed by atoms with Crippen molar-refractivity contribution in [3.8, 4) is 0 Å². The first-order chi connectivity index (χ1) is 14.8. The van der Waals surface area contributed by atoms with Gasteiger partial charge in [-0.15, -0.1) is 0 Å². The smallest absolute Gasteiger partial charge is 0.330 e. The second-order valence-electron chi connectivity index (χ2n) is 7.54. The highest BCUT2D eigenvalue weighted by Crippen LogP contribution is 2.31. The quantitative estimate of drug-likeness (QED) is 0.536. The Kier molecular flexibility index (Phi) is 7.02. The number of nitrogens with zero attached hydrogens (tertiary/aromatic N) is 1. The monoisotopic (exact) mass is 426 g/mol. The number of esters is 1. The minimum absolute atomic E-state index is 0.114. The van der Waals surface area contributed by atoms with Gasteiger partial charge in [-0.05, 0) is 36.6 Å². The number of ether oxygens (including phenoxy) is 2. The van der Waals surface area contributed by atoms with E-state index in [2.05, 4.69) is 4.98 Å². The molecule has 8 nitrogen and oxygen atoms in total. The van der Waals surface area contributed by atoms with Crippen molar-refractivity contribution in [2.24, 2.45) is 0 Å². The molecule has 0 amide bonds. The van der Waals surface area contributed by atoms with E-state index in [1.807, 2.05) is 38.1 Å². The fourth-order valence-electron chi connectivity index (χ4n) is 3.58. The molecule has 0 saturated carbocycles. The molecule has 0 radical (unpaired) electrons. The lowest BCUT2D eigenvalue weighted by Crippen LogP contribution is -2.34. The lowest BCUT2D eigenvalue weighted by molar-refractivity contribution is -0.147. The molecular formula is C23H26N2O6. The van der Waals surface area contributed by atoms with E-state index in [1.165, 1.54) is 23.8 Å². The summed E-state index contributed by atoms with van der Waals surface area (Å²) in [6.45, 7) is 5.04. The third-order valence-electron chi connectivity index (χ3n) is 5.26. The van der Waals surface area contributed by atoms with E-state index in [9.17, 15) is 19.2 Å². The van der Waals surface area contributed by atoms with E-state index in [4.69, 9.17) is 9.47 Å². The average molecular weight is 426 g/mol. The third kappa shape index (κ3) is 5.46. The number of aryl methyl sites for hydroxylation is 2. The van der Waals surface area contributed by atoms with Gasteiger partial charge in [0.2, 0.25) is 0 Å². The predicted octanol–water partition coefficient (Wildman–Crippen LogP) is 1.99. The lowest BCUT2D eigenvalue weighted by atomic mass is 10.0. The van der Waals surface area contributed by atoms with Gasteiger partial charge >= 0.3 is 11.7 Å². The molecule has 1 aliphatic rings. The highest BCUT2D eigenvalue weighted by molar-refractivity contribution is 5.91. The minimum Gasteiger partial charge on any atom is -0.459 e. The Bertz CT molecular complexity index is 1110. The Hall–Kier alpha value is -3.26. The van der Waals surface area contributed by atoms with Crippen LogP contribution in [0.1, 0.15) is 43.2 Å². The van der Waals surface area contributed by atoms with Gasteiger partial charge in [-0.3, -0.25) is 23.9 Å². The van der Waals surface area contributed by atoms with Crippen molar-refractivity contribution in [3.05, 3.63) is 80.1 Å². The molecule has 1 N–H and O–H groups in total. The summed E-state index contributed by atoms with van der Waals surface area (Å²) in [6, 6.07) is 7.64. The molecule has 0 spiro atoms. The molecule has 1 aliphatic heterocycles. The first-order valence-electron chi connectivity index (χ1n) is 10.2. The normalized spacial score (nSPS) is 20.8. The van der Waals surface area contributed by atoms with Crippen molar-refractivity contribution in [2.75, 3.05) is 0 Å². The number of aromatic nitrogens is 2. The molecule has 2 aromatic rings. The van der Waals surface area contributed by atoms with Gasteiger partial charge in [-0.25, -0.2) is 4.79 Å². The Balaban J connectivity index is 1.79. The summed E-state index contributed by atoms with van der Waals surface area (Å²) in [5, 5.41) is 0. The van der Waals surface area contributed by atoms with Gasteiger partial charge in [0.05, 0.1) is 0 Å². The number of benzene rings is 1. The molecule has 31 heavy (non-hydrogen) atoms. The van der Waals surface area contributed by atoms with Crippen LogP contribution in [-0.2, 0) is 31.9 Å². The topological polar surface area (TPSA) is 107 Å². The molecule has 1 saturated heterocycles. The number of carbonyl (C=O) groups is 2. The summed E-state index contributed by atoms with van der Waals surface area (Å²) in [5.41, 5.74) is 1.37. The molecule has 164 valence electrons. The SMILES string of the molecule is CCc1cn([C@@H]2CC(OC(C)=O)[C@H](/C=C/C(=O)Cc3ccccc3C)O2)c(=O)[nH]c1=O. The fourth-order valence-corrected chi connectivity index (χ4v) is 3.58. The Labute approximate surface area is 179 Å². The highest BCUT2D eigenvalue weighted by Gasteiger charge is 2.37. The maximum absolute atomic E-state index is 12.4. The van der Waals surface area contributed by atoms with Crippen LogP contribution < -0.4 is 11.2 Å². The zero-order valence-corrected chi connectivity index (χ0v) is 17.8. The number of hydrogen-bond acceptors (Lipinski definition) is 6. The molecule has 1 fully saturated rings. The second-order valence-corrected chi connectivity index (χ2v) is 7.54. The number of hydrogen-bond donors (Lipinski definition) is 1. The average Bonchev–Trinajstić information content (AvgIpc) is 3.10. The Morgan fingerprint density at radius 2 is 2.00 bits per heavy atom.